The van der Waals surface area contributed by atoms with E-state index in [-0.39, 0.29) is 5.60 Å². The highest BCUT2D eigenvalue weighted by Crippen LogP contribution is 2.37. The van der Waals surface area contributed by atoms with Gasteiger partial charge in [0.25, 0.3) is 0 Å². The zero-order chi connectivity index (χ0) is 13.2. The third-order valence-electron chi connectivity index (χ3n) is 4.13. The predicted octanol–water partition coefficient (Wildman–Crippen LogP) is 5.13. The smallest absolute Gasteiger partial charge is 0.0719 e. The highest BCUT2D eigenvalue weighted by Gasteiger charge is 2.34. The zero-order valence-corrected chi connectivity index (χ0v) is 12.5. The van der Waals surface area contributed by atoms with E-state index in [2.05, 4.69) is 6.92 Å². The van der Waals surface area contributed by atoms with Crippen LogP contribution in [0.15, 0.2) is 18.2 Å². The minimum absolute atomic E-state index is 0.0102. The number of benzene rings is 1. The van der Waals surface area contributed by atoms with Crippen LogP contribution in [-0.2, 0) is 11.2 Å². The topological polar surface area (TPSA) is 9.23 Å². The first-order valence-electron chi connectivity index (χ1n) is 6.54. The molecule has 18 heavy (non-hydrogen) atoms. The van der Waals surface area contributed by atoms with Crippen molar-refractivity contribution in [1.29, 1.82) is 0 Å². The molecule has 1 fully saturated rings. The molecule has 1 saturated carbocycles. The average molecular weight is 287 g/mol. The minimum atomic E-state index is -0.0102. The Morgan fingerprint density at radius 1 is 1.22 bits per heavy atom. The minimum Gasteiger partial charge on any atom is -0.378 e. The fourth-order valence-electron chi connectivity index (χ4n) is 2.76. The molecular formula is C15H20Cl2O. The highest BCUT2D eigenvalue weighted by atomic mass is 35.5. The van der Waals surface area contributed by atoms with Gasteiger partial charge in [0.05, 0.1) is 15.6 Å². The highest BCUT2D eigenvalue weighted by molar-refractivity contribution is 6.42. The van der Waals surface area contributed by atoms with Crippen LogP contribution in [0.25, 0.3) is 0 Å². The van der Waals surface area contributed by atoms with Gasteiger partial charge in [0.2, 0.25) is 0 Å². The van der Waals surface area contributed by atoms with Crippen molar-refractivity contribution in [2.75, 3.05) is 7.11 Å². The first-order valence-corrected chi connectivity index (χ1v) is 7.29. The van der Waals surface area contributed by atoms with E-state index in [1.165, 1.54) is 18.4 Å². The predicted molar refractivity (Wildman–Crippen MR) is 77.5 cm³/mol. The third kappa shape index (κ3) is 3.20. The van der Waals surface area contributed by atoms with Crippen molar-refractivity contribution in [1.82, 2.24) is 0 Å². The van der Waals surface area contributed by atoms with Crippen LogP contribution in [0.3, 0.4) is 0 Å². The molecule has 0 radical (unpaired) electrons. The van der Waals surface area contributed by atoms with E-state index in [0.29, 0.717) is 10.0 Å². The fraction of sp³-hybridized carbons (Fsp3) is 0.600. The van der Waals surface area contributed by atoms with E-state index in [1.807, 2.05) is 25.3 Å². The molecule has 100 valence electrons. The van der Waals surface area contributed by atoms with Gasteiger partial charge in [-0.1, -0.05) is 36.2 Å². The lowest BCUT2D eigenvalue weighted by atomic mass is 9.76. The molecule has 3 heteroatoms. The maximum absolute atomic E-state index is 6.07. The number of hydrogen-bond donors (Lipinski definition) is 0. The van der Waals surface area contributed by atoms with E-state index in [9.17, 15) is 0 Å². The average Bonchev–Trinajstić information content (AvgIpc) is 2.37. The van der Waals surface area contributed by atoms with E-state index >= 15 is 0 Å². The molecule has 1 nitrogen and oxygen atoms in total. The second kappa shape index (κ2) is 5.81. The monoisotopic (exact) mass is 286 g/mol. The largest absolute Gasteiger partial charge is 0.378 e. The molecular weight excluding hydrogens is 267 g/mol. The lowest BCUT2D eigenvalue weighted by Crippen LogP contribution is -2.38. The SMILES string of the molecule is COC1(Cc2ccc(Cl)c(Cl)c2)CCC(C)CC1. The molecule has 0 aromatic heterocycles. The summed E-state index contributed by atoms with van der Waals surface area (Å²) in [6, 6.07) is 5.88. The summed E-state index contributed by atoms with van der Waals surface area (Å²) < 4.78 is 5.83. The molecule has 0 spiro atoms. The Bertz CT molecular complexity index is 409. The lowest BCUT2D eigenvalue weighted by molar-refractivity contribution is -0.0469. The Kier molecular flexibility index (Phi) is 4.58. The van der Waals surface area contributed by atoms with Crippen molar-refractivity contribution in [3.05, 3.63) is 33.8 Å². The van der Waals surface area contributed by atoms with E-state index in [0.717, 1.165) is 25.2 Å². The molecule has 1 aromatic carbocycles. The molecule has 0 N–H and O–H groups in total. The third-order valence-corrected chi connectivity index (χ3v) is 4.87. The molecule has 0 atom stereocenters. The van der Waals surface area contributed by atoms with Gasteiger partial charge in [0.15, 0.2) is 0 Å². The summed E-state index contributed by atoms with van der Waals surface area (Å²) in [5.74, 6) is 0.821. The molecule has 0 unspecified atom stereocenters. The number of methoxy groups -OCH3 is 1. The van der Waals surface area contributed by atoms with Crippen LogP contribution in [0.2, 0.25) is 10.0 Å². The normalized spacial score (nSPS) is 28.3. The van der Waals surface area contributed by atoms with Gasteiger partial charge in [0, 0.05) is 13.5 Å². The van der Waals surface area contributed by atoms with Crippen molar-refractivity contribution >= 4 is 23.2 Å². The second-order valence-electron chi connectivity index (χ2n) is 5.49. The molecule has 0 amide bonds. The Balaban J connectivity index is 2.12. The van der Waals surface area contributed by atoms with Crippen LogP contribution >= 0.6 is 23.2 Å². The fourth-order valence-corrected chi connectivity index (χ4v) is 3.08. The molecule has 1 aliphatic rings. The van der Waals surface area contributed by atoms with E-state index in [4.69, 9.17) is 27.9 Å². The summed E-state index contributed by atoms with van der Waals surface area (Å²) in [4.78, 5) is 0. The van der Waals surface area contributed by atoms with Gasteiger partial charge < -0.3 is 4.74 Å². The number of hydrogen-bond acceptors (Lipinski definition) is 1. The summed E-state index contributed by atoms with van der Waals surface area (Å²) >= 11 is 12.0. The van der Waals surface area contributed by atoms with Crippen LogP contribution in [0, 0.1) is 5.92 Å². The number of halogens is 2. The van der Waals surface area contributed by atoms with E-state index in [1.54, 1.807) is 0 Å². The van der Waals surface area contributed by atoms with Crippen LogP contribution < -0.4 is 0 Å². The van der Waals surface area contributed by atoms with Crippen molar-refractivity contribution < 1.29 is 4.74 Å². The van der Waals surface area contributed by atoms with Crippen LogP contribution in [-0.4, -0.2) is 12.7 Å². The van der Waals surface area contributed by atoms with Crippen molar-refractivity contribution in [3.63, 3.8) is 0 Å². The van der Waals surface area contributed by atoms with Crippen molar-refractivity contribution in [2.24, 2.45) is 5.92 Å². The van der Waals surface area contributed by atoms with Crippen LogP contribution in [0.4, 0.5) is 0 Å². The molecule has 1 aromatic rings. The summed E-state index contributed by atoms with van der Waals surface area (Å²) in [6.45, 7) is 2.32. The quantitative estimate of drug-likeness (QED) is 0.748. The van der Waals surface area contributed by atoms with Crippen molar-refractivity contribution in [2.45, 2.75) is 44.6 Å². The lowest BCUT2D eigenvalue weighted by Gasteiger charge is -2.38. The summed E-state index contributed by atoms with van der Waals surface area (Å²) in [7, 11) is 1.83. The second-order valence-corrected chi connectivity index (χ2v) is 6.31. The van der Waals surface area contributed by atoms with Gasteiger partial charge in [-0.25, -0.2) is 0 Å². The maximum atomic E-state index is 6.07. The Hall–Kier alpha value is -0.240. The molecule has 2 rings (SSSR count). The Morgan fingerprint density at radius 2 is 1.89 bits per heavy atom. The molecule has 0 saturated heterocycles. The molecule has 1 aliphatic carbocycles. The Morgan fingerprint density at radius 3 is 2.44 bits per heavy atom. The maximum Gasteiger partial charge on any atom is 0.0719 e. The summed E-state index contributed by atoms with van der Waals surface area (Å²) in [5.41, 5.74) is 1.20. The first-order chi connectivity index (χ1) is 8.54. The van der Waals surface area contributed by atoms with Crippen LogP contribution in [0.5, 0.6) is 0 Å². The number of ether oxygens (including phenoxy) is 1. The molecule has 0 bridgehead atoms. The van der Waals surface area contributed by atoms with Gasteiger partial charge in [-0.3, -0.25) is 0 Å². The Labute approximate surface area is 119 Å². The van der Waals surface area contributed by atoms with Gasteiger partial charge in [-0.2, -0.15) is 0 Å². The summed E-state index contributed by atoms with van der Waals surface area (Å²) in [6.07, 6.45) is 5.67. The molecule has 0 heterocycles. The molecule has 0 aliphatic heterocycles. The van der Waals surface area contributed by atoms with Crippen molar-refractivity contribution in [3.8, 4) is 0 Å². The van der Waals surface area contributed by atoms with Crippen LogP contribution in [0.1, 0.15) is 38.2 Å². The van der Waals surface area contributed by atoms with Gasteiger partial charge in [-0.05, 0) is 49.3 Å². The van der Waals surface area contributed by atoms with E-state index < -0.39 is 0 Å². The van der Waals surface area contributed by atoms with Gasteiger partial charge in [-0.15, -0.1) is 0 Å². The zero-order valence-electron chi connectivity index (χ0n) is 11.0. The summed E-state index contributed by atoms with van der Waals surface area (Å²) in [5, 5.41) is 1.24. The van der Waals surface area contributed by atoms with Gasteiger partial charge >= 0.3 is 0 Å². The number of rotatable bonds is 3. The van der Waals surface area contributed by atoms with Gasteiger partial charge in [0.1, 0.15) is 0 Å². The standard InChI is InChI=1S/C15H20Cl2O/c1-11-5-7-15(18-2,8-6-11)10-12-3-4-13(16)14(17)9-12/h3-4,9,11H,5-8,10H2,1-2H3. The first kappa shape index (κ1) is 14.2.